The summed E-state index contributed by atoms with van der Waals surface area (Å²) >= 11 is 0. The second-order valence-corrected chi connectivity index (χ2v) is 5.09. The Bertz CT molecular complexity index is 450. The van der Waals surface area contributed by atoms with E-state index in [1.165, 1.54) is 0 Å². The van der Waals surface area contributed by atoms with E-state index < -0.39 is 25.6 Å². The molecule has 0 heterocycles. The smallest absolute Gasteiger partial charge is 0.267 e. The molecule has 0 saturated heterocycles. The number of hydrogen-bond donors (Lipinski definition) is 0. The monoisotopic (exact) mass is 256 g/mol. The summed E-state index contributed by atoms with van der Waals surface area (Å²) in [7, 11) is 0.421. The lowest BCUT2D eigenvalue weighted by Crippen LogP contribution is -2.02. The van der Waals surface area contributed by atoms with Crippen molar-refractivity contribution in [3.63, 3.8) is 0 Å². The van der Waals surface area contributed by atoms with Gasteiger partial charge in [0.05, 0.1) is 6.61 Å². The second kappa shape index (κ2) is 4.32. The first kappa shape index (κ1) is 12.2. The van der Waals surface area contributed by atoms with Gasteiger partial charge in [-0.1, -0.05) is 0 Å². The highest BCUT2D eigenvalue weighted by molar-refractivity contribution is 8.13. The van der Waals surface area contributed by atoms with Crippen LogP contribution in [0, 0.1) is 11.6 Å². The average molecular weight is 257 g/mol. The maximum absolute atomic E-state index is 13.1. The molecule has 0 fully saturated rings. The largest absolute Gasteiger partial charge is 0.494 e. The van der Waals surface area contributed by atoms with Gasteiger partial charge in [-0.05, 0) is 6.92 Å². The molecule has 0 aliphatic rings. The summed E-state index contributed by atoms with van der Waals surface area (Å²) in [6.45, 7) is 1.84. The number of ether oxygens (including phenoxy) is 1. The maximum Gasteiger partial charge on any atom is 0.267 e. The summed E-state index contributed by atoms with van der Waals surface area (Å²) in [5.74, 6) is -2.63. The highest BCUT2D eigenvalue weighted by atomic mass is 35.7. The molecule has 7 heteroatoms. The third kappa shape index (κ3) is 2.79. The lowest BCUT2D eigenvalue weighted by Gasteiger charge is -2.05. The predicted octanol–water partition coefficient (Wildman–Crippen LogP) is 2.29. The number of rotatable bonds is 3. The summed E-state index contributed by atoms with van der Waals surface area (Å²) in [6.07, 6.45) is 0. The molecule has 0 aromatic heterocycles. The van der Waals surface area contributed by atoms with Crippen LogP contribution in [0.15, 0.2) is 17.0 Å². The first-order chi connectivity index (χ1) is 6.86. The van der Waals surface area contributed by atoms with Crippen LogP contribution in [0.25, 0.3) is 0 Å². The third-order valence-corrected chi connectivity index (χ3v) is 2.87. The molecule has 84 valence electrons. The molecule has 0 atom stereocenters. The van der Waals surface area contributed by atoms with E-state index in [4.69, 9.17) is 15.4 Å². The first-order valence-electron chi connectivity index (χ1n) is 3.92. The summed E-state index contributed by atoms with van der Waals surface area (Å²) in [4.78, 5) is -1.16. The number of halogens is 3. The molecule has 0 bridgehead atoms. The van der Waals surface area contributed by atoms with Gasteiger partial charge in [-0.2, -0.15) is 0 Å². The van der Waals surface area contributed by atoms with Crippen LogP contribution in [0.3, 0.4) is 0 Å². The molecule has 1 aromatic rings. The van der Waals surface area contributed by atoms with E-state index in [1.54, 1.807) is 6.92 Å². The van der Waals surface area contributed by atoms with E-state index in [0.29, 0.717) is 0 Å². The molecule has 0 radical (unpaired) electrons. The summed E-state index contributed by atoms with van der Waals surface area (Å²) < 4.78 is 52.7. The molecular formula is C8H7ClF2O3S. The van der Waals surface area contributed by atoms with Gasteiger partial charge in [0.15, 0.2) is 4.90 Å². The topological polar surface area (TPSA) is 43.4 Å². The molecule has 0 aliphatic heterocycles. The van der Waals surface area contributed by atoms with Gasteiger partial charge in [-0.3, -0.25) is 0 Å². The van der Waals surface area contributed by atoms with Crippen molar-refractivity contribution >= 4 is 19.7 Å². The van der Waals surface area contributed by atoms with Crippen molar-refractivity contribution in [2.24, 2.45) is 0 Å². The first-order valence-corrected chi connectivity index (χ1v) is 6.23. The van der Waals surface area contributed by atoms with Crippen molar-refractivity contribution in [1.82, 2.24) is 0 Å². The van der Waals surface area contributed by atoms with Crippen LogP contribution >= 0.6 is 10.7 Å². The maximum atomic E-state index is 13.1. The van der Waals surface area contributed by atoms with E-state index >= 15 is 0 Å². The molecule has 0 N–H and O–H groups in total. The molecule has 0 amide bonds. The van der Waals surface area contributed by atoms with Crippen LogP contribution in [0.1, 0.15) is 6.92 Å². The zero-order chi connectivity index (χ0) is 11.6. The fourth-order valence-electron chi connectivity index (χ4n) is 1.02. The van der Waals surface area contributed by atoms with Gasteiger partial charge in [0.2, 0.25) is 0 Å². The molecule has 15 heavy (non-hydrogen) atoms. The highest BCUT2D eigenvalue weighted by Gasteiger charge is 2.22. The predicted molar refractivity (Wildman–Crippen MR) is 50.6 cm³/mol. The van der Waals surface area contributed by atoms with Crippen molar-refractivity contribution in [1.29, 1.82) is 0 Å². The van der Waals surface area contributed by atoms with Crippen LogP contribution < -0.4 is 4.74 Å². The zero-order valence-corrected chi connectivity index (χ0v) is 9.20. The molecule has 0 spiro atoms. The molecule has 0 unspecified atom stereocenters. The molecule has 3 nitrogen and oxygen atoms in total. The van der Waals surface area contributed by atoms with Crippen LogP contribution in [0.2, 0.25) is 0 Å². The minimum absolute atomic E-state index is 0.0865. The van der Waals surface area contributed by atoms with Gasteiger partial charge in [0, 0.05) is 22.8 Å². The SMILES string of the molecule is CCOc1cc(F)c(S(=O)(=O)Cl)c(F)c1. The van der Waals surface area contributed by atoms with Gasteiger partial charge in [0.25, 0.3) is 9.05 Å². The van der Waals surface area contributed by atoms with E-state index in [1.807, 2.05) is 0 Å². The lowest BCUT2D eigenvalue weighted by molar-refractivity contribution is 0.334. The van der Waals surface area contributed by atoms with Crippen LogP contribution in [0.5, 0.6) is 5.75 Å². The lowest BCUT2D eigenvalue weighted by atomic mass is 10.3. The Labute approximate surface area is 90.0 Å². The van der Waals surface area contributed by atoms with Crippen LogP contribution in [0.4, 0.5) is 8.78 Å². The van der Waals surface area contributed by atoms with Crippen molar-refractivity contribution in [2.45, 2.75) is 11.8 Å². The van der Waals surface area contributed by atoms with Gasteiger partial charge >= 0.3 is 0 Å². The van der Waals surface area contributed by atoms with E-state index in [2.05, 4.69) is 0 Å². The number of benzene rings is 1. The minimum atomic E-state index is -4.43. The van der Waals surface area contributed by atoms with Gasteiger partial charge in [-0.25, -0.2) is 17.2 Å². The fraction of sp³-hybridized carbons (Fsp3) is 0.250. The third-order valence-electron chi connectivity index (χ3n) is 1.53. The second-order valence-electron chi connectivity index (χ2n) is 2.59. The molecule has 0 aliphatic carbocycles. The van der Waals surface area contributed by atoms with Gasteiger partial charge in [0.1, 0.15) is 17.4 Å². The van der Waals surface area contributed by atoms with E-state index in [-0.39, 0.29) is 12.4 Å². The Kier molecular flexibility index (Phi) is 3.51. The van der Waals surface area contributed by atoms with Crippen LogP contribution in [-0.2, 0) is 9.05 Å². The number of hydrogen-bond acceptors (Lipinski definition) is 3. The highest BCUT2D eigenvalue weighted by Crippen LogP contribution is 2.26. The summed E-state index contributed by atoms with van der Waals surface area (Å²) in [6, 6.07) is 1.53. The van der Waals surface area contributed by atoms with Gasteiger partial charge in [-0.15, -0.1) is 0 Å². The fourth-order valence-corrected chi connectivity index (χ4v) is 2.05. The standard InChI is InChI=1S/C8H7ClF2O3S/c1-2-14-5-3-6(10)8(7(11)4-5)15(9,12)13/h3-4H,2H2,1H3. The van der Waals surface area contributed by atoms with Crippen molar-refractivity contribution in [3.8, 4) is 5.75 Å². The summed E-state index contributed by atoms with van der Waals surface area (Å²) in [5, 5.41) is 0. The Balaban J connectivity index is 3.34. The zero-order valence-electron chi connectivity index (χ0n) is 7.63. The quantitative estimate of drug-likeness (QED) is 0.780. The molecule has 1 rings (SSSR count). The van der Waals surface area contributed by atoms with Crippen molar-refractivity contribution in [2.75, 3.05) is 6.61 Å². The van der Waals surface area contributed by atoms with E-state index in [0.717, 1.165) is 12.1 Å². The van der Waals surface area contributed by atoms with Crippen LogP contribution in [-0.4, -0.2) is 15.0 Å². The normalized spacial score (nSPS) is 11.5. The summed E-state index contributed by atoms with van der Waals surface area (Å²) in [5.41, 5.74) is 0. The average Bonchev–Trinajstić information content (AvgIpc) is 1.99. The van der Waals surface area contributed by atoms with Crippen molar-refractivity contribution in [3.05, 3.63) is 23.8 Å². The minimum Gasteiger partial charge on any atom is -0.494 e. The Hall–Kier alpha value is -0.880. The van der Waals surface area contributed by atoms with E-state index in [9.17, 15) is 17.2 Å². The Morgan fingerprint density at radius 2 is 1.80 bits per heavy atom. The Morgan fingerprint density at radius 3 is 2.13 bits per heavy atom. The molecular weight excluding hydrogens is 250 g/mol. The van der Waals surface area contributed by atoms with Crippen molar-refractivity contribution < 1.29 is 21.9 Å². The molecule has 1 aromatic carbocycles. The Morgan fingerprint density at radius 1 is 1.33 bits per heavy atom. The molecule has 0 saturated carbocycles. The van der Waals surface area contributed by atoms with Gasteiger partial charge < -0.3 is 4.74 Å².